The van der Waals surface area contributed by atoms with Gasteiger partial charge in [-0.15, -0.1) is 0 Å². The molecular weight excluding hydrogens is 747 g/mol. The van der Waals surface area contributed by atoms with E-state index in [-0.39, 0.29) is 37.6 Å². The number of anilines is 2. The molecule has 0 aliphatic carbocycles. The van der Waals surface area contributed by atoms with Crippen LogP contribution in [0.2, 0.25) is 5.15 Å². The topological polar surface area (TPSA) is 199 Å². The predicted octanol–water partition coefficient (Wildman–Crippen LogP) is 7.73. The minimum absolute atomic E-state index is 0. The summed E-state index contributed by atoms with van der Waals surface area (Å²) in [4.78, 5) is 38.8. The summed E-state index contributed by atoms with van der Waals surface area (Å²) in [6.45, 7) is 24.0. The Morgan fingerprint density at radius 3 is 1.60 bits per heavy atom. The summed E-state index contributed by atoms with van der Waals surface area (Å²) >= 11 is 5.41. The van der Waals surface area contributed by atoms with Gasteiger partial charge in [0.2, 0.25) is 11.9 Å². The summed E-state index contributed by atoms with van der Waals surface area (Å²) in [5, 5.41) is 5.92. The van der Waals surface area contributed by atoms with Gasteiger partial charge in [-0.3, -0.25) is 0 Å². The maximum absolute atomic E-state index is 11.8. The number of nitrogens with zero attached hydrogens (tertiary/aromatic N) is 4. The van der Waals surface area contributed by atoms with Crippen LogP contribution in [0.3, 0.4) is 0 Å². The van der Waals surface area contributed by atoms with E-state index in [2.05, 4.69) is 30.6 Å². The van der Waals surface area contributed by atoms with Crippen molar-refractivity contribution in [2.75, 3.05) is 11.5 Å². The highest BCUT2D eigenvalue weighted by Crippen LogP contribution is 2.36. The lowest BCUT2D eigenvalue weighted by Crippen LogP contribution is -2.41. The second kappa shape index (κ2) is 19.9. The van der Waals surface area contributed by atoms with E-state index in [1.54, 1.807) is 12.3 Å². The molecule has 5 rings (SSSR count). The number of nitrogens with one attached hydrogen (secondary N) is 2. The standard InChI is InChI=1S/C19H30BNO4.C17H22N4O2.C4H4ClN3.CH4/c1-13-11-15(20-24-18(5,6)19(7,8)25-20)10-9-14(13)12-21-16(22)23-17(2,3)4;1-11-9-12(14-7-8-19-15(18)21-14)5-6-13(11)10-20-16(22)23-17(2,3)4;5-3-1-2-7-4(6)8-3;/h9-11H,12H2,1-8H3,(H,21,22);5-9H,10H2,1-4H3,(H,20,22)(H2,18,19,21);1-2H,(H2,6,7,8);1H4. The molecule has 1 aliphatic rings. The number of aryl methyl sites for hydroxylation is 2. The third-order valence-electron chi connectivity index (χ3n) is 8.49. The van der Waals surface area contributed by atoms with Crippen LogP contribution in [0.4, 0.5) is 21.5 Å². The highest BCUT2D eigenvalue weighted by atomic mass is 35.5. The fourth-order valence-corrected chi connectivity index (χ4v) is 5.09. The number of aromatic nitrogens is 4. The molecule has 0 spiro atoms. The molecule has 6 N–H and O–H groups in total. The van der Waals surface area contributed by atoms with Crippen LogP contribution in [0.15, 0.2) is 60.9 Å². The van der Waals surface area contributed by atoms with Crippen molar-refractivity contribution in [3.63, 3.8) is 0 Å². The normalized spacial score (nSPS) is 14.1. The lowest BCUT2D eigenvalue weighted by molar-refractivity contribution is 0.00578. The van der Waals surface area contributed by atoms with Gasteiger partial charge in [0.05, 0.1) is 16.9 Å². The second-order valence-corrected chi connectivity index (χ2v) is 16.6. The molecule has 0 radical (unpaired) electrons. The molecule has 57 heavy (non-hydrogen) atoms. The fraction of sp³-hybridized carbons (Fsp3) is 0.463. The Morgan fingerprint density at radius 2 is 1.19 bits per heavy atom. The number of halogens is 1. The number of nitrogens with two attached hydrogens (primary N) is 2. The van der Waals surface area contributed by atoms with Crippen LogP contribution >= 0.6 is 11.6 Å². The van der Waals surface area contributed by atoms with Crippen molar-refractivity contribution in [2.24, 2.45) is 0 Å². The van der Waals surface area contributed by atoms with Crippen molar-refractivity contribution in [1.82, 2.24) is 30.6 Å². The van der Waals surface area contributed by atoms with Gasteiger partial charge < -0.3 is 40.9 Å². The number of nitrogen functional groups attached to an aromatic ring is 2. The highest BCUT2D eigenvalue weighted by molar-refractivity contribution is 6.62. The molecule has 1 fully saturated rings. The van der Waals surface area contributed by atoms with Crippen molar-refractivity contribution in [3.8, 4) is 11.3 Å². The van der Waals surface area contributed by atoms with Crippen LogP contribution in [0.1, 0.15) is 98.9 Å². The van der Waals surface area contributed by atoms with Crippen LogP contribution in [0, 0.1) is 13.8 Å². The number of alkyl carbamates (subject to hydrolysis) is 2. The molecule has 310 valence electrons. The third-order valence-corrected chi connectivity index (χ3v) is 8.70. The minimum atomic E-state index is -0.504. The van der Waals surface area contributed by atoms with E-state index in [0.29, 0.717) is 18.2 Å². The number of amides is 2. The van der Waals surface area contributed by atoms with Gasteiger partial charge in [0.25, 0.3) is 0 Å². The molecule has 2 amide bonds. The Hall–Kier alpha value is -4.99. The number of hydrogen-bond acceptors (Lipinski definition) is 12. The largest absolute Gasteiger partial charge is 0.494 e. The highest BCUT2D eigenvalue weighted by Gasteiger charge is 2.51. The predicted molar refractivity (Wildman–Crippen MR) is 228 cm³/mol. The van der Waals surface area contributed by atoms with Gasteiger partial charge in [0.15, 0.2) is 0 Å². The zero-order valence-electron chi connectivity index (χ0n) is 34.5. The molecule has 0 saturated carbocycles. The van der Waals surface area contributed by atoms with Gasteiger partial charge in [-0.05, 0) is 129 Å². The lowest BCUT2D eigenvalue weighted by atomic mass is 9.78. The molecule has 14 nitrogen and oxygen atoms in total. The summed E-state index contributed by atoms with van der Waals surface area (Å²) in [6.07, 6.45) is 2.29. The number of hydrogen-bond donors (Lipinski definition) is 4. The summed E-state index contributed by atoms with van der Waals surface area (Å²) in [6, 6.07) is 15.3. The molecular formula is C41H60BClN8O6. The van der Waals surface area contributed by atoms with Gasteiger partial charge >= 0.3 is 19.3 Å². The number of benzene rings is 2. The Morgan fingerprint density at radius 1 is 0.737 bits per heavy atom. The van der Waals surface area contributed by atoms with E-state index in [9.17, 15) is 9.59 Å². The molecule has 0 atom stereocenters. The number of rotatable bonds is 6. The van der Waals surface area contributed by atoms with Crippen LogP contribution < -0.4 is 27.6 Å². The van der Waals surface area contributed by atoms with Crippen LogP contribution in [-0.4, -0.2) is 61.6 Å². The van der Waals surface area contributed by atoms with E-state index in [4.69, 9.17) is 41.9 Å². The molecule has 1 aliphatic heterocycles. The van der Waals surface area contributed by atoms with Crippen molar-refractivity contribution >= 4 is 48.3 Å². The van der Waals surface area contributed by atoms with Crippen LogP contribution in [0.25, 0.3) is 11.3 Å². The third kappa shape index (κ3) is 15.8. The fourth-order valence-electron chi connectivity index (χ4n) is 4.95. The molecule has 4 aromatic rings. The quantitative estimate of drug-likeness (QED) is 0.109. The molecule has 3 heterocycles. The maximum atomic E-state index is 11.8. The first-order chi connectivity index (χ1) is 25.8. The van der Waals surface area contributed by atoms with Crippen LogP contribution in [0.5, 0.6) is 0 Å². The summed E-state index contributed by atoms with van der Waals surface area (Å²) in [5.74, 6) is 0.452. The van der Waals surface area contributed by atoms with Gasteiger partial charge in [0.1, 0.15) is 16.4 Å². The Labute approximate surface area is 343 Å². The lowest BCUT2D eigenvalue weighted by Gasteiger charge is -2.32. The zero-order chi connectivity index (χ0) is 42.1. The number of carbonyl (C=O) groups excluding carboxylic acids is 2. The molecule has 1 saturated heterocycles. The van der Waals surface area contributed by atoms with Gasteiger partial charge in [-0.25, -0.2) is 29.5 Å². The van der Waals surface area contributed by atoms with Crippen LogP contribution in [-0.2, 0) is 31.9 Å². The van der Waals surface area contributed by atoms with Gasteiger partial charge in [-0.1, -0.05) is 49.4 Å². The van der Waals surface area contributed by atoms with E-state index in [1.165, 1.54) is 6.20 Å². The minimum Gasteiger partial charge on any atom is -0.444 e. The summed E-state index contributed by atoms with van der Waals surface area (Å²) < 4.78 is 22.7. The van der Waals surface area contributed by atoms with Crippen molar-refractivity contribution in [1.29, 1.82) is 0 Å². The zero-order valence-corrected chi connectivity index (χ0v) is 35.3. The summed E-state index contributed by atoms with van der Waals surface area (Å²) in [7, 11) is -0.378. The first kappa shape index (κ1) is 48.2. The van der Waals surface area contributed by atoms with Gasteiger partial charge in [-0.2, -0.15) is 0 Å². The average Bonchev–Trinajstić information content (AvgIpc) is 3.28. The molecule has 0 bridgehead atoms. The van der Waals surface area contributed by atoms with E-state index in [0.717, 1.165) is 39.0 Å². The Bertz CT molecular complexity index is 1930. The second-order valence-electron chi connectivity index (χ2n) is 16.2. The Balaban J connectivity index is 0.000000325. The van der Waals surface area contributed by atoms with Crippen molar-refractivity contribution in [3.05, 3.63) is 88.3 Å². The molecule has 2 aromatic heterocycles. The first-order valence-electron chi connectivity index (χ1n) is 18.2. The van der Waals surface area contributed by atoms with E-state index < -0.39 is 23.4 Å². The number of ether oxygens (including phenoxy) is 2. The summed E-state index contributed by atoms with van der Waals surface area (Å²) in [5.41, 5.74) is 15.9. The number of carbonyl (C=O) groups is 2. The van der Waals surface area contributed by atoms with E-state index >= 15 is 0 Å². The Kier molecular flexibility index (Phi) is 16.8. The molecule has 2 aromatic carbocycles. The van der Waals surface area contributed by atoms with Gasteiger partial charge in [0, 0.05) is 31.0 Å². The van der Waals surface area contributed by atoms with E-state index in [1.807, 2.05) is 126 Å². The average molecular weight is 807 g/mol. The first-order valence-corrected chi connectivity index (χ1v) is 18.5. The molecule has 0 unspecified atom stereocenters. The maximum Gasteiger partial charge on any atom is 0.494 e. The SMILES string of the molecule is C.Cc1cc(-c2ccnc(N)n2)ccc1CNC(=O)OC(C)(C)C.Cc1cc(B2OC(C)(C)C(C)(C)O2)ccc1CNC(=O)OC(C)(C)C.Nc1nccc(Cl)n1. The van der Waals surface area contributed by atoms with Crippen molar-refractivity contribution < 1.29 is 28.4 Å². The monoisotopic (exact) mass is 806 g/mol. The smallest absolute Gasteiger partial charge is 0.444 e. The van der Waals surface area contributed by atoms with Crippen molar-refractivity contribution in [2.45, 2.75) is 126 Å². The molecule has 16 heteroatoms.